The van der Waals surface area contributed by atoms with Crippen LogP contribution in [0.2, 0.25) is 0 Å². The molecule has 0 saturated carbocycles. The Bertz CT molecular complexity index is 1000. The summed E-state index contributed by atoms with van der Waals surface area (Å²) in [5, 5.41) is 9.50. The van der Waals surface area contributed by atoms with Crippen LogP contribution in [0.25, 0.3) is 5.69 Å². The number of hydrogen-bond acceptors (Lipinski definition) is 4. The van der Waals surface area contributed by atoms with Gasteiger partial charge in [-0.3, -0.25) is 14.9 Å². The smallest absolute Gasteiger partial charge is 0.295 e. The summed E-state index contributed by atoms with van der Waals surface area (Å²) in [7, 11) is 1.84. The van der Waals surface area contributed by atoms with Crippen LogP contribution in [0.1, 0.15) is 17.5 Å². The largest absolute Gasteiger partial charge is 0.325 e. The van der Waals surface area contributed by atoms with Crippen molar-refractivity contribution in [3.05, 3.63) is 68.8 Å². The van der Waals surface area contributed by atoms with E-state index >= 15 is 0 Å². The Balaban J connectivity index is 1.81. The molecule has 6 nitrogen and oxygen atoms in total. The second kappa shape index (κ2) is 7.67. The Morgan fingerprint density at radius 1 is 1.19 bits per heavy atom. The zero-order chi connectivity index (χ0) is 18.7. The predicted molar refractivity (Wildman–Crippen MR) is 112 cm³/mol. The molecule has 0 bridgehead atoms. The van der Waals surface area contributed by atoms with E-state index < -0.39 is 0 Å². The quantitative estimate of drug-likeness (QED) is 0.411. The number of thiocarbonyl (C=S) groups is 1. The van der Waals surface area contributed by atoms with E-state index in [0.717, 1.165) is 22.0 Å². The SMILES string of the molecule is C/C(=N\NC(=S)Nc1c(C)n(C)n(-c2ccccc2)c1=O)c1cccs1. The number of rotatable bonds is 4. The molecule has 2 N–H and O–H groups in total. The second-order valence-corrected chi connectivity index (χ2v) is 7.03. The van der Waals surface area contributed by atoms with Gasteiger partial charge in [0, 0.05) is 11.9 Å². The van der Waals surface area contributed by atoms with E-state index in [-0.39, 0.29) is 10.7 Å². The zero-order valence-electron chi connectivity index (χ0n) is 14.7. The molecule has 0 saturated heterocycles. The third-order valence-corrected chi connectivity index (χ3v) is 5.17. The first-order chi connectivity index (χ1) is 12.5. The Kier molecular flexibility index (Phi) is 5.34. The molecular weight excluding hydrogens is 366 g/mol. The highest BCUT2D eigenvalue weighted by Gasteiger charge is 2.16. The summed E-state index contributed by atoms with van der Waals surface area (Å²) in [6.07, 6.45) is 0. The van der Waals surface area contributed by atoms with Gasteiger partial charge in [0.05, 0.1) is 17.1 Å². The highest BCUT2D eigenvalue weighted by Crippen LogP contribution is 2.14. The molecule has 3 aromatic rings. The Morgan fingerprint density at radius 2 is 1.92 bits per heavy atom. The van der Waals surface area contributed by atoms with Crippen molar-refractivity contribution in [2.24, 2.45) is 12.1 Å². The standard InChI is InChI=1S/C18H19N5OS2/c1-12(15-10-7-11-26-15)20-21-18(25)19-16-13(2)22(3)23(17(16)24)14-8-5-4-6-9-14/h4-11H,1-3H3,(H2,19,21,25)/b20-12+. The number of nitrogens with one attached hydrogen (secondary N) is 2. The lowest BCUT2D eigenvalue weighted by Crippen LogP contribution is -2.28. The second-order valence-electron chi connectivity index (χ2n) is 5.68. The number of anilines is 1. The monoisotopic (exact) mass is 385 g/mol. The van der Waals surface area contributed by atoms with Crippen LogP contribution in [-0.4, -0.2) is 20.2 Å². The molecule has 0 unspecified atom stereocenters. The van der Waals surface area contributed by atoms with Crippen molar-refractivity contribution in [3.63, 3.8) is 0 Å². The maximum absolute atomic E-state index is 12.8. The summed E-state index contributed by atoms with van der Waals surface area (Å²) in [4.78, 5) is 13.9. The molecule has 0 aliphatic carbocycles. The Labute approximate surface area is 160 Å². The van der Waals surface area contributed by atoms with Gasteiger partial charge in [-0.25, -0.2) is 4.68 Å². The summed E-state index contributed by atoms with van der Waals surface area (Å²) in [6, 6.07) is 13.4. The molecule has 134 valence electrons. The maximum atomic E-state index is 12.8. The summed E-state index contributed by atoms with van der Waals surface area (Å²) >= 11 is 6.89. The van der Waals surface area contributed by atoms with Crippen LogP contribution in [0.4, 0.5) is 5.69 Å². The molecule has 0 atom stereocenters. The van der Waals surface area contributed by atoms with Crippen LogP contribution < -0.4 is 16.3 Å². The Hall–Kier alpha value is -2.71. The van der Waals surface area contributed by atoms with Crippen molar-refractivity contribution in [1.82, 2.24) is 14.8 Å². The van der Waals surface area contributed by atoms with Crippen LogP contribution >= 0.6 is 23.6 Å². The molecule has 0 amide bonds. The molecule has 2 heterocycles. The normalized spacial score (nSPS) is 11.4. The van der Waals surface area contributed by atoms with Crippen LogP contribution in [0.5, 0.6) is 0 Å². The fraction of sp³-hybridized carbons (Fsp3) is 0.167. The van der Waals surface area contributed by atoms with Crippen LogP contribution in [0.15, 0.2) is 57.7 Å². The fourth-order valence-corrected chi connectivity index (χ4v) is 3.35. The van der Waals surface area contributed by atoms with E-state index in [2.05, 4.69) is 15.8 Å². The molecule has 0 radical (unpaired) electrons. The molecule has 2 aromatic heterocycles. The van der Waals surface area contributed by atoms with Gasteiger partial charge in [0.2, 0.25) is 0 Å². The van der Waals surface area contributed by atoms with Crippen molar-refractivity contribution in [3.8, 4) is 5.69 Å². The lowest BCUT2D eigenvalue weighted by Gasteiger charge is -2.07. The average molecular weight is 386 g/mol. The summed E-state index contributed by atoms with van der Waals surface area (Å²) in [6.45, 7) is 3.77. The molecule has 0 aliphatic rings. The minimum atomic E-state index is -0.167. The van der Waals surface area contributed by atoms with Crippen molar-refractivity contribution in [2.75, 3.05) is 5.32 Å². The molecule has 8 heteroatoms. The first-order valence-corrected chi connectivity index (χ1v) is 9.27. The number of para-hydroxylation sites is 1. The van der Waals surface area contributed by atoms with Gasteiger partial charge in [-0.05, 0) is 49.6 Å². The first kappa shape index (κ1) is 18.1. The van der Waals surface area contributed by atoms with Crippen LogP contribution in [0, 0.1) is 6.92 Å². The summed E-state index contributed by atoms with van der Waals surface area (Å²) in [5.74, 6) is 0. The third-order valence-electron chi connectivity index (χ3n) is 4.00. The number of aromatic nitrogens is 2. The van der Waals surface area contributed by atoms with Crippen LogP contribution in [-0.2, 0) is 7.05 Å². The summed E-state index contributed by atoms with van der Waals surface area (Å²) < 4.78 is 3.39. The van der Waals surface area contributed by atoms with Gasteiger partial charge in [0.1, 0.15) is 5.69 Å². The third kappa shape index (κ3) is 3.61. The van der Waals surface area contributed by atoms with Gasteiger partial charge in [-0.15, -0.1) is 11.3 Å². The van der Waals surface area contributed by atoms with E-state index in [1.807, 2.05) is 68.7 Å². The fourth-order valence-electron chi connectivity index (χ4n) is 2.53. The first-order valence-electron chi connectivity index (χ1n) is 7.98. The predicted octanol–water partition coefficient (Wildman–Crippen LogP) is 3.26. The topological polar surface area (TPSA) is 63.4 Å². The van der Waals surface area contributed by atoms with Gasteiger partial charge < -0.3 is 5.32 Å². The highest BCUT2D eigenvalue weighted by molar-refractivity contribution is 7.80. The average Bonchev–Trinajstić information content (AvgIpc) is 3.25. The van der Waals surface area contributed by atoms with Gasteiger partial charge >= 0.3 is 0 Å². The number of nitrogens with zero attached hydrogens (tertiary/aromatic N) is 3. The lowest BCUT2D eigenvalue weighted by atomic mass is 10.3. The number of hydrazone groups is 1. The van der Waals surface area contributed by atoms with Crippen molar-refractivity contribution >= 4 is 40.1 Å². The molecule has 26 heavy (non-hydrogen) atoms. The number of thiophene rings is 1. The van der Waals surface area contributed by atoms with Gasteiger partial charge in [-0.1, -0.05) is 24.3 Å². The van der Waals surface area contributed by atoms with E-state index in [1.165, 1.54) is 0 Å². The van der Waals surface area contributed by atoms with E-state index in [0.29, 0.717) is 5.69 Å². The van der Waals surface area contributed by atoms with Gasteiger partial charge in [-0.2, -0.15) is 5.10 Å². The molecular formula is C18H19N5OS2. The lowest BCUT2D eigenvalue weighted by molar-refractivity contribution is 0.630. The van der Waals surface area contributed by atoms with E-state index in [1.54, 1.807) is 20.7 Å². The maximum Gasteiger partial charge on any atom is 0.295 e. The van der Waals surface area contributed by atoms with Gasteiger partial charge in [0.25, 0.3) is 5.56 Å². The van der Waals surface area contributed by atoms with Crippen LogP contribution in [0.3, 0.4) is 0 Å². The summed E-state index contributed by atoms with van der Waals surface area (Å²) in [5.41, 5.74) is 5.46. The van der Waals surface area contributed by atoms with E-state index in [9.17, 15) is 4.79 Å². The molecule has 0 spiro atoms. The molecule has 3 rings (SSSR count). The van der Waals surface area contributed by atoms with E-state index in [4.69, 9.17) is 12.2 Å². The number of hydrogen-bond donors (Lipinski definition) is 2. The van der Waals surface area contributed by atoms with Gasteiger partial charge in [0.15, 0.2) is 5.11 Å². The molecule has 0 aliphatic heterocycles. The van der Waals surface area contributed by atoms with Crippen molar-refractivity contribution < 1.29 is 0 Å². The minimum Gasteiger partial charge on any atom is -0.325 e. The molecule has 1 aromatic carbocycles. The zero-order valence-corrected chi connectivity index (χ0v) is 16.3. The minimum absolute atomic E-state index is 0.167. The van der Waals surface area contributed by atoms with Crippen molar-refractivity contribution in [1.29, 1.82) is 0 Å². The number of benzene rings is 1. The highest BCUT2D eigenvalue weighted by atomic mass is 32.1. The Morgan fingerprint density at radius 3 is 2.58 bits per heavy atom. The van der Waals surface area contributed by atoms with Crippen molar-refractivity contribution in [2.45, 2.75) is 13.8 Å². The molecule has 0 fully saturated rings.